The standard InChI is InChI=1S/C13H19N3O3/c1-4-16(2)12(17)8-15-13(18)10-7-9(14)5-6-11(10)19-3/h5-7H,4,8,14H2,1-3H3,(H,15,18). The Bertz CT molecular complexity index is 474. The fourth-order valence-corrected chi connectivity index (χ4v) is 1.47. The van der Waals surface area contributed by atoms with Crippen LogP contribution in [0.2, 0.25) is 0 Å². The Morgan fingerprint density at radius 2 is 2.11 bits per heavy atom. The van der Waals surface area contributed by atoms with Crippen molar-refractivity contribution >= 4 is 17.5 Å². The van der Waals surface area contributed by atoms with E-state index in [1.807, 2.05) is 6.92 Å². The molecule has 0 fully saturated rings. The van der Waals surface area contributed by atoms with Gasteiger partial charge in [-0.1, -0.05) is 0 Å². The lowest BCUT2D eigenvalue weighted by Crippen LogP contribution is -2.38. The van der Waals surface area contributed by atoms with Crippen molar-refractivity contribution in [2.75, 3.05) is 33.0 Å². The Labute approximate surface area is 112 Å². The van der Waals surface area contributed by atoms with Crippen LogP contribution in [0, 0.1) is 0 Å². The highest BCUT2D eigenvalue weighted by molar-refractivity contribution is 5.99. The fourth-order valence-electron chi connectivity index (χ4n) is 1.47. The van der Waals surface area contributed by atoms with E-state index in [0.717, 1.165) is 0 Å². The molecule has 0 radical (unpaired) electrons. The van der Waals surface area contributed by atoms with Gasteiger partial charge in [-0.25, -0.2) is 0 Å². The van der Waals surface area contributed by atoms with Crippen LogP contribution in [0.4, 0.5) is 5.69 Å². The number of hydrogen-bond donors (Lipinski definition) is 2. The Morgan fingerprint density at radius 1 is 1.42 bits per heavy atom. The van der Waals surface area contributed by atoms with Crippen LogP contribution in [-0.4, -0.2) is 44.0 Å². The molecule has 1 rings (SSSR count). The minimum Gasteiger partial charge on any atom is -0.496 e. The number of nitrogens with zero attached hydrogens (tertiary/aromatic N) is 1. The molecule has 0 aliphatic heterocycles. The molecule has 0 atom stereocenters. The Morgan fingerprint density at radius 3 is 2.68 bits per heavy atom. The van der Waals surface area contributed by atoms with Gasteiger partial charge in [0.05, 0.1) is 19.2 Å². The van der Waals surface area contributed by atoms with Crippen LogP contribution in [0.25, 0.3) is 0 Å². The average molecular weight is 265 g/mol. The van der Waals surface area contributed by atoms with Crippen LogP contribution in [-0.2, 0) is 4.79 Å². The van der Waals surface area contributed by atoms with Gasteiger partial charge in [0.1, 0.15) is 5.75 Å². The molecule has 3 N–H and O–H groups in total. The van der Waals surface area contributed by atoms with E-state index in [9.17, 15) is 9.59 Å². The summed E-state index contributed by atoms with van der Waals surface area (Å²) in [6.45, 7) is 2.40. The quantitative estimate of drug-likeness (QED) is 0.759. The normalized spacial score (nSPS) is 9.84. The number of ether oxygens (including phenoxy) is 1. The summed E-state index contributed by atoms with van der Waals surface area (Å²) in [7, 11) is 3.15. The first kappa shape index (κ1) is 14.8. The molecule has 0 bridgehead atoms. The van der Waals surface area contributed by atoms with Gasteiger partial charge in [-0.2, -0.15) is 0 Å². The van der Waals surface area contributed by atoms with E-state index in [0.29, 0.717) is 23.5 Å². The number of rotatable bonds is 5. The fraction of sp³-hybridized carbons (Fsp3) is 0.385. The number of amides is 2. The van der Waals surface area contributed by atoms with Gasteiger partial charge in [0.15, 0.2) is 0 Å². The zero-order valence-electron chi connectivity index (χ0n) is 11.4. The average Bonchev–Trinajstić information content (AvgIpc) is 2.43. The summed E-state index contributed by atoms with van der Waals surface area (Å²) < 4.78 is 5.09. The maximum atomic E-state index is 12.0. The summed E-state index contributed by atoms with van der Waals surface area (Å²) in [6.07, 6.45) is 0. The minimum absolute atomic E-state index is 0.0544. The smallest absolute Gasteiger partial charge is 0.255 e. The maximum absolute atomic E-state index is 12.0. The van der Waals surface area contributed by atoms with Crippen molar-refractivity contribution in [2.24, 2.45) is 0 Å². The third-order valence-electron chi connectivity index (χ3n) is 2.77. The molecular weight excluding hydrogens is 246 g/mol. The molecular formula is C13H19N3O3. The molecule has 0 spiro atoms. The molecule has 0 aromatic heterocycles. The lowest BCUT2D eigenvalue weighted by atomic mass is 10.1. The maximum Gasteiger partial charge on any atom is 0.255 e. The highest BCUT2D eigenvalue weighted by Gasteiger charge is 2.14. The Kier molecular flexibility index (Phi) is 5.17. The van der Waals surface area contributed by atoms with Gasteiger partial charge >= 0.3 is 0 Å². The van der Waals surface area contributed by atoms with Crippen molar-refractivity contribution in [1.29, 1.82) is 0 Å². The minimum atomic E-state index is -0.387. The van der Waals surface area contributed by atoms with Crippen LogP contribution >= 0.6 is 0 Å². The summed E-state index contributed by atoms with van der Waals surface area (Å²) in [5.41, 5.74) is 6.41. The molecule has 19 heavy (non-hydrogen) atoms. The van der Waals surface area contributed by atoms with E-state index in [1.165, 1.54) is 18.1 Å². The number of carbonyl (C=O) groups is 2. The van der Waals surface area contributed by atoms with Gasteiger partial charge in [0, 0.05) is 19.3 Å². The number of anilines is 1. The molecule has 6 heteroatoms. The van der Waals surface area contributed by atoms with E-state index >= 15 is 0 Å². The molecule has 6 nitrogen and oxygen atoms in total. The molecule has 0 aliphatic carbocycles. The molecule has 0 heterocycles. The first-order chi connectivity index (χ1) is 8.99. The number of hydrogen-bond acceptors (Lipinski definition) is 4. The van der Waals surface area contributed by atoms with Crippen molar-refractivity contribution < 1.29 is 14.3 Å². The molecule has 1 aromatic carbocycles. The predicted molar refractivity (Wildman–Crippen MR) is 73.1 cm³/mol. The molecule has 1 aromatic rings. The number of likely N-dealkylation sites (N-methyl/N-ethyl adjacent to an activating group) is 1. The molecule has 2 amide bonds. The highest BCUT2D eigenvalue weighted by Crippen LogP contribution is 2.20. The third kappa shape index (κ3) is 3.87. The summed E-state index contributed by atoms with van der Waals surface area (Å²) in [5.74, 6) is -0.122. The molecule has 0 aliphatic rings. The summed E-state index contributed by atoms with van der Waals surface area (Å²) in [4.78, 5) is 25.1. The second kappa shape index (κ2) is 6.63. The largest absolute Gasteiger partial charge is 0.496 e. The number of methoxy groups -OCH3 is 1. The van der Waals surface area contributed by atoms with Crippen LogP contribution in [0.15, 0.2) is 18.2 Å². The van der Waals surface area contributed by atoms with E-state index < -0.39 is 0 Å². The van der Waals surface area contributed by atoms with E-state index in [1.54, 1.807) is 19.2 Å². The summed E-state index contributed by atoms with van der Waals surface area (Å²) in [5, 5.41) is 2.55. The Hall–Kier alpha value is -2.24. The number of benzene rings is 1. The van der Waals surface area contributed by atoms with Crippen molar-refractivity contribution in [3.8, 4) is 5.75 Å². The third-order valence-corrected chi connectivity index (χ3v) is 2.77. The molecule has 104 valence electrons. The number of nitrogens with two attached hydrogens (primary N) is 1. The van der Waals surface area contributed by atoms with Crippen molar-refractivity contribution in [2.45, 2.75) is 6.92 Å². The molecule has 0 saturated heterocycles. The van der Waals surface area contributed by atoms with Crippen LogP contribution in [0.3, 0.4) is 0 Å². The number of nitrogen functional groups attached to an aromatic ring is 1. The first-order valence-electron chi connectivity index (χ1n) is 5.95. The number of carbonyl (C=O) groups excluding carboxylic acids is 2. The van der Waals surface area contributed by atoms with E-state index in [2.05, 4.69) is 5.32 Å². The Balaban J connectivity index is 2.73. The SMILES string of the molecule is CCN(C)C(=O)CNC(=O)c1cc(N)ccc1OC. The number of nitrogens with one attached hydrogen (secondary N) is 1. The van der Waals surface area contributed by atoms with E-state index in [4.69, 9.17) is 10.5 Å². The topological polar surface area (TPSA) is 84.7 Å². The van der Waals surface area contributed by atoms with Crippen LogP contribution < -0.4 is 15.8 Å². The van der Waals surface area contributed by atoms with Crippen LogP contribution in [0.1, 0.15) is 17.3 Å². The lowest BCUT2D eigenvalue weighted by molar-refractivity contribution is -0.128. The van der Waals surface area contributed by atoms with Gasteiger partial charge in [-0.15, -0.1) is 0 Å². The lowest BCUT2D eigenvalue weighted by Gasteiger charge is -2.15. The van der Waals surface area contributed by atoms with E-state index in [-0.39, 0.29) is 18.4 Å². The highest BCUT2D eigenvalue weighted by atomic mass is 16.5. The van der Waals surface area contributed by atoms with Gasteiger partial charge < -0.3 is 20.7 Å². The van der Waals surface area contributed by atoms with Crippen LogP contribution in [0.5, 0.6) is 5.75 Å². The zero-order valence-corrected chi connectivity index (χ0v) is 11.4. The van der Waals surface area contributed by atoms with Gasteiger partial charge in [-0.3, -0.25) is 9.59 Å². The van der Waals surface area contributed by atoms with Gasteiger partial charge in [0.25, 0.3) is 5.91 Å². The first-order valence-corrected chi connectivity index (χ1v) is 5.95. The summed E-state index contributed by atoms with van der Waals surface area (Å²) in [6, 6.07) is 4.78. The second-order valence-corrected chi connectivity index (χ2v) is 4.05. The van der Waals surface area contributed by atoms with Crippen molar-refractivity contribution in [1.82, 2.24) is 10.2 Å². The second-order valence-electron chi connectivity index (χ2n) is 4.05. The summed E-state index contributed by atoms with van der Waals surface area (Å²) >= 11 is 0. The molecule has 0 saturated carbocycles. The van der Waals surface area contributed by atoms with Gasteiger partial charge in [-0.05, 0) is 25.1 Å². The zero-order chi connectivity index (χ0) is 14.4. The van der Waals surface area contributed by atoms with Crippen molar-refractivity contribution in [3.05, 3.63) is 23.8 Å². The predicted octanol–water partition coefficient (Wildman–Crippen LogP) is 0.486. The van der Waals surface area contributed by atoms with Crippen molar-refractivity contribution in [3.63, 3.8) is 0 Å². The monoisotopic (exact) mass is 265 g/mol. The van der Waals surface area contributed by atoms with Gasteiger partial charge in [0.2, 0.25) is 5.91 Å². The molecule has 0 unspecified atom stereocenters.